The van der Waals surface area contributed by atoms with Crippen LogP contribution in [0, 0.1) is 12.3 Å². The lowest BCUT2D eigenvalue weighted by atomic mass is 9.83. The Morgan fingerprint density at radius 2 is 1.94 bits per heavy atom. The van der Waals surface area contributed by atoms with Crippen LogP contribution in [0.4, 0.5) is 0 Å². The summed E-state index contributed by atoms with van der Waals surface area (Å²) in [5, 5.41) is 0.203. The predicted octanol–water partition coefficient (Wildman–Crippen LogP) is 1.53. The fourth-order valence-electron chi connectivity index (χ4n) is 2.00. The standard InChI is InChI=1S/C11H19N3O2S/c1-9-12-8-10(13-9)17(15,16)14-6-4-11(2,3)5-7-14/h8H,4-7H2,1-3H3,(H,12,13). The van der Waals surface area contributed by atoms with Crippen LogP contribution < -0.4 is 0 Å². The number of aromatic nitrogens is 2. The van der Waals surface area contributed by atoms with Crippen LogP contribution in [0.1, 0.15) is 32.5 Å². The zero-order valence-electron chi connectivity index (χ0n) is 10.5. The van der Waals surface area contributed by atoms with E-state index in [1.807, 2.05) is 0 Å². The number of hydrogen-bond donors (Lipinski definition) is 1. The third kappa shape index (κ3) is 2.52. The Morgan fingerprint density at radius 3 is 2.41 bits per heavy atom. The number of nitrogens with one attached hydrogen (secondary N) is 1. The Bertz CT molecular complexity index is 495. The summed E-state index contributed by atoms with van der Waals surface area (Å²) >= 11 is 0. The first-order valence-electron chi connectivity index (χ1n) is 5.83. The van der Waals surface area contributed by atoms with E-state index in [1.54, 1.807) is 11.2 Å². The predicted molar refractivity (Wildman–Crippen MR) is 65.1 cm³/mol. The first-order valence-corrected chi connectivity index (χ1v) is 7.27. The second-order valence-corrected chi connectivity index (χ2v) is 7.31. The van der Waals surface area contributed by atoms with Gasteiger partial charge in [0.15, 0.2) is 5.03 Å². The normalized spacial score (nSPS) is 21.6. The van der Waals surface area contributed by atoms with E-state index in [-0.39, 0.29) is 10.4 Å². The average Bonchev–Trinajstić information content (AvgIpc) is 2.65. The first-order chi connectivity index (χ1) is 7.81. The first kappa shape index (κ1) is 12.6. The van der Waals surface area contributed by atoms with Gasteiger partial charge in [-0.05, 0) is 25.2 Å². The monoisotopic (exact) mass is 257 g/mol. The molecular formula is C11H19N3O2S. The van der Waals surface area contributed by atoms with E-state index in [1.165, 1.54) is 6.20 Å². The van der Waals surface area contributed by atoms with Crippen molar-refractivity contribution in [2.75, 3.05) is 13.1 Å². The van der Waals surface area contributed by atoms with Crippen LogP contribution in [0.3, 0.4) is 0 Å². The average molecular weight is 257 g/mol. The molecule has 1 aliphatic rings. The molecule has 96 valence electrons. The number of imidazole rings is 1. The highest BCUT2D eigenvalue weighted by atomic mass is 32.2. The van der Waals surface area contributed by atoms with Crippen molar-refractivity contribution in [2.45, 2.75) is 38.6 Å². The number of sulfonamides is 1. The minimum absolute atomic E-state index is 0.203. The lowest BCUT2D eigenvalue weighted by molar-refractivity contribution is 0.195. The molecule has 2 heterocycles. The van der Waals surface area contributed by atoms with E-state index in [0.717, 1.165) is 12.8 Å². The molecule has 0 amide bonds. The minimum Gasteiger partial charge on any atom is -0.332 e. The molecule has 1 aromatic rings. The van der Waals surface area contributed by atoms with Gasteiger partial charge in [-0.1, -0.05) is 13.8 Å². The van der Waals surface area contributed by atoms with Gasteiger partial charge in [-0.3, -0.25) is 0 Å². The molecule has 1 N–H and O–H groups in total. The summed E-state index contributed by atoms with van der Waals surface area (Å²) in [7, 11) is -3.38. The van der Waals surface area contributed by atoms with E-state index < -0.39 is 10.0 Å². The molecule has 1 aliphatic heterocycles. The zero-order valence-corrected chi connectivity index (χ0v) is 11.3. The third-order valence-electron chi connectivity index (χ3n) is 3.37. The summed E-state index contributed by atoms with van der Waals surface area (Å²) in [4.78, 5) is 6.74. The fourth-order valence-corrected chi connectivity index (χ4v) is 3.40. The van der Waals surface area contributed by atoms with E-state index in [4.69, 9.17) is 0 Å². The summed E-state index contributed by atoms with van der Waals surface area (Å²) in [6.45, 7) is 7.29. The van der Waals surface area contributed by atoms with Crippen LogP contribution in [-0.2, 0) is 10.0 Å². The van der Waals surface area contributed by atoms with Crippen LogP contribution in [0.2, 0.25) is 0 Å². The minimum atomic E-state index is -3.38. The molecule has 6 heteroatoms. The molecule has 1 saturated heterocycles. The van der Waals surface area contributed by atoms with Gasteiger partial charge in [-0.2, -0.15) is 4.31 Å². The van der Waals surface area contributed by atoms with Gasteiger partial charge >= 0.3 is 0 Å². The van der Waals surface area contributed by atoms with Crippen molar-refractivity contribution in [3.63, 3.8) is 0 Å². The van der Waals surface area contributed by atoms with Crippen LogP contribution in [0.5, 0.6) is 0 Å². The summed E-state index contributed by atoms with van der Waals surface area (Å²) in [6, 6.07) is 0. The smallest absolute Gasteiger partial charge is 0.260 e. The molecular weight excluding hydrogens is 238 g/mol. The number of aryl methyl sites for hydroxylation is 1. The Balaban J connectivity index is 2.18. The van der Waals surface area contributed by atoms with Crippen LogP contribution in [0.15, 0.2) is 11.2 Å². The number of H-pyrrole nitrogens is 1. The van der Waals surface area contributed by atoms with Gasteiger partial charge < -0.3 is 4.98 Å². The SMILES string of the molecule is Cc1ncc(S(=O)(=O)N2CCC(C)(C)CC2)[nH]1. The maximum absolute atomic E-state index is 12.3. The van der Waals surface area contributed by atoms with Crippen LogP contribution in [-0.4, -0.2) is 35.8 Å². The van der Waals surface area contributed by atoms with Gasteiger partial charge in [-0.25, -0.2) is 13.4 Å². The van der Waals surface area contributed by atoms with Crippen molar-refractivity contribution < 1.29 is 8.42 Å². The van der Waals surface area contributed by atoms with Gasteiger partial charge in [0.25, 0.3) is 10.0 Å². The molecule has 0 unspecified atom stereocenters. The summed E-state index contributed by atoms with van der Waals surface area (Å²) in [6.07, 6.45) is 3.20. The lowest BCUT2D eigenvalue weighted by Gasteiger charge is -2.35. The quantitative estimate of drug-likeness (QED) is 0.873. The molecule has 17 heavy (non-hydrogen) atoms. The Kier molecular flexibility index (Phi) is 3.03. The molecule has 0 aliphatic carbocycles. The number of rotatable bonds is 2. The molecule has 5 nitrogen and oxygen atoms in total. The number of nitrogens with zero attached hydrogens (tertiary/aromatic N) is 2. The van der Waals surface area contributed by atoms with Gasteiger partial charge in [0.05, 0.1) is 6.20 Å². The molecule has 1 fully saturated rings. The van der Waals surface area contributed by atoms with Crippen molar-refractivity contribution in [1.29, 1.82) is 0 Å². The second-order valence-electron chi connectivity index (χ2n) is 5.40. The highest BCUT2D eigenvalue weighted by Crippen LogP contribution is 2.31. The Labute approximate surface area is 102 Å². The third-order valence-corrected chi connectivity index (χ3v) is 5.18. The molecule has 0 radical (unpaired) electrons. The van der Waals surface area contributed by atoms with Gasteiger partial charge in [0.1, 0.15) is 5.82 Å². The number of piperidine rings is 1. The van der Waals surface area contributed by atoms with E-state index in [2.05, 4.69) is 23.8 Å². The van der Waals surface area contributed by atoms with Gasteiger partial charge in [0, 0.05) is 13.1 Å². The lowest BCUT2D eigenvalue weighted by Crippen LogP contribution is -2.41. The summed E-state index contributed by atoms with van der Waals surface area (Å²) in [5.41, 5.74) is 0.246. The van der Waals surface area contributed by atoms with Crippen molar-refractivity contribution in [1.82, 2.24) is 14.3 Å². The fraction of sp³-hybridized carbons (Fsp3) is 0.727. The molecule has 0 spiro atoms. The van der Waals surface area contributed by atoms with Crippen molar-refractivity contribution in [3.8, 4) is 0 Å². The summed E-state index contributed by atoms with van der Waals surface area (Å²) < 4.78 is 26.1. The number of aromatic amines is 1. The molecule has 0 aromatic carbocycles. The van der Waals surface area contributed by atoms with E-state index >= 15 is 0 Å². The topological polar surface area (TPSA) is 66.1 Å². The van der Waals surface area contributed by atoms with Crippen molar-refractivity contribution in [3.05, 3.63) is 12.0 Å². The molecule has 0 bridgehead atoms. The maximum atomic E-state index is 12.3. The number of hydrogen-bond acceptors (Lipinski definition) is 3. The zero-order chi connectivity index (χ0) is 12.7. The Hall–Kier alpha value is -0.880. The van der Waals surface area contributed by atoms with Crippen LogP contribution >= 0.6 is 0 Å². The van der Waals surface area contributed by atoms with Gasteiger partial charge in [-0.15, -0.1) is 0 Å². The molecule has 1 aromatic heterocycles. The largest absolute Gasteiger partial charge is 0.332 e. The molecule has 0 atom stereocenters. The molecule has 0 saturated carbocycles. The highest BCUT2D eigenvalue weighted by molar-refractivity contribution is 7.89. The Morgan fingerprint density at radius 1 is 1.35 bits per heavy atom. The summed E-state index contributed by atoms with van der Waals surface area (Å²) in [5.74, 6) is 0.626. The van der Waals surface area contributed by atoms with Crippen LogP contribution in [0.25, 0.3) is 0 Å². The second kappa shape index (κ2) is 4.10. The van der Waals surface area contributed by atoms with E-state index in [0.29, 0.717) is 18.9 Å². The van der Waals surface area contributed by atoms with Crippen molar-refractivity contribution >= 4 is 10.0 Å². The van der Waals surface area contributed by atoms with E-state index in [9.17, 15) is 8.42 Å². The maximum Gasteiger partial charge on any atom is 0.260 e. The van der Waals surface area contributed by atoms with Crippen molar-refractivity contribution in [2.24, 2.45) is 5.41 Å². The molecule has 2 rings (SSSR count). The van der Waals surface area contributed by atoms with Gasteiger partial charge in [0.2, 0.25) is 0 Å². The highest BCUT2D eigenvalue weighted by Gasteiger charge is 2.33.